The third-order valence-electron chi connectivity index (χ3n) is 2.77. The molecule has 0 fully saturated rings. The Morgan fingerprint density at radius 2 is 1.86 bits per heavy atom. The molecule has 0 aliphatic carbocycles. The van der Waals surface area contributed by atoms with Gasteiger partial charge >= 0.3 is 5.97 Å². The summed E-state index contributed by atoms with van der Waals surface area (Å²) in [5, 5.41) is 9.72. The Bertz CT molecular complexity index is 644. The van der Waals surface area contributed by atoms with Gasteiger partial charge in [0, 0.05) is 10.0 Å². The SMILES string of the molecule is O=C(O)COc1ccc(C(Br)c2ccc(Cl)cc2Cl)cc1. The van der Waals surface area contributed by atoms with Crippen molar-refractivity contribution in [1.82, 2.24) is 0 Å². The van der Waals surface area contributed by atoms with Crippen LogP contribution in [0, 0.1) is 0 Å². The highest BCUT2D eigenvalue weighted by Gasteiger charge is 2.14. The summed E-state index contributed by atoms with van der Waals surface area (Å²) >= 11 is 15.7. The molecule has 21 heavy (non-hydrogen) atoms. The summed E-state index contributed by atoms with van der Waals surface area (Å²) in [6.45, 7) is -0.361. The number of hydrogen-bond donors (Lipinski definition) is 1. The first-order chi connectivity index (χ1) is 9.97. The van der Waals surface area contributed by atoms with Gasteiger partial charge in [-0.25, -0.2) is 4.79 Å². The fourth-order valence-electron chi connectivity index (χ4n) is 1.76. The molecule has 0 aromatic heterocycles. The first-order valence-electron chi connectivity index (χ1n) is 6.01. The highest BCUT2D eigenvalue weighted by Crippen LogP contribution is 2.36. The number of halogens is 3. The van der Waals surface area contributed by atoms with Gasteiger partial charge in [-0.1, -0.05) is 57.3 Å². The van der Waals surface area contributed by atoms with Gasteiger partial charge in [-0.3, -0.25) is 0 Å². The highest BCUT2D eigenvalue weighted by atomic mass is 79.9. The van der Waals surface area contributed by atoms with Crippen molar-refractivity contribution >= 4 is 45.1 Å². The number of carbonyl (C=O) groups is 1. The molecule has 0 bridgehead atoms. The second-order valence-electron chi connectivity index (χ2n) is 4.28. The third-order valence-corrected chi connectivity index (χ3v) is 4.35. The lowest BCUT2D eigenvalue weighted by Gasteiger charge is -2.13. The van der Waals surface area contributed by atoms with Crippen LogP contribution in [-0.2, 0) is 4.79 Å². The van der Waals surface area contributed by atoms with Crippen LogP contribution in [0.15, 0.2) is 42.5 Å². The van der Waals surface area contributed by atoms with Gasteiger partial charge in [0.15, 0.2) is 6.61 Å². The Kier molecular flexibility index (Phi) is 5.51. The van der Waals surface area contributed by atoms with Crippen molar-refractivity contribution in [3.63, 3.8) is 0 Å². The van der Waals surface area contributed by atoms with Crippen LogP contribution >= 0.6 is 39.1 Å². The smallest absolute Gasteiger partial charge is 0.341 e. The zero-order valence-corrected chi connectivity index (χ0v) is 13.8. The quantitative estimate of drug-likeness (QED) is 0.736. The normalized spacial score (nSPS) is 12.0. The lowest BCUT2D eigenvalue weighted by Crippen LogP contribution is -2.09. The molecular formula is C15H11BrCl2O3. The molecule has 0 spiro atoms. The van der Waals surface area contributed by atoms with Crippen molar-refractivity contribution in [2.24, 2.45) is 0 Å². The molecule has 1 N–H and O–H groups in total. The van der Waals surface area contributed by atoms with E-state index in [4.69, 9.17) is 33.0 Å². The second kappa shape index (κ2) is 7.16. The number of aliphatic carboxylic acids is 1. The molecule has 0 aliphatic rings. The molecule has 3 nitrogen and oxygen atoms in total. The van der Waals surface area contributed by atoms with E-state index in [0.717, 1.165) is 11.1 Å². The maximum Gasteiger partial charge on any atom is 0.341 e. The molecule has 2 aromatic rings. The van der Waals surface area contributed by atoms with Gasteiger partial charge in [-0.2, -0.15) is 0 Å². The van der Waals surface area contributed by atoms with Gasteiger partial charge < -0.3 is 9.84 Å². The Hall–Kier alpha value is -1.23. The van der Waals surface area contributed by atoms with Crippen LogP contribution in [0.1, 0.15) is 16.0 Å². The first-order valence-corrected chi connectivity index (χ1v) is 7.68. The van der Waals surface area contributed by atoms with Crippen molar-refractivity contribution in [3.8, 4) is 5.75 Å². The highest BCUT2D eigenvalue weighted by molar-refractivity contribution is 9.09. The summed E-state index contributed by atoms with van der Waals surface area (Å²) in [6, 6.07) is 12.5. The number of hydrogen-bond acceptors (Lipinski definition) is 2. The maximum atomic E-state index is 10.4. The molecule has 2 aromatic carbocycles. The molecule has 0 radical (unpaired) electrons. The molecule has 1 atom stereocenters. The van der Waals surface area contributed by atoms with E-state index in [0.29, 0.717) is 15.8 Å². The molecule has 1 unspecified atom stereocenters. The molecule has 0 amide bonds. The number of alkyl halides is 1. The Balaban J connectivity index is 2.15. The van der Waals surface area contributed by atoms with Crippen LogP contribution in [0.25, 0.3) is 0 Å². The second-order valence-corrected chi connectivity index (χ2v) is 6.04. The fraction of sp³-hybridized carbons (Fsp3) is 0.133. The topological polar surface area (TPSA) is 46.5 Å². The standard InChI is InChI=1S/C15H11BrCl2O3/c16-15(12-6-3-10(17)7-13(12)18)9-1-4-11(5-2-9)21-8-14(19)20/h1-7,15H,8H2,(H,19,20). The lowest BCUT2D eigenvalue weighted by molar-refractivity contribution is -0.139. The predicted octanol–water partition coefficient (Wildman–Crippen LogP) is 4.94. The molecule has 0 saturated carbocycles. The minimum atomic E-state index is -1.01. The number of benzene rings is 2. The summed E-state index contributed by atoms with van der Waals surface area (Å²) in [6.07, 6.45) is 0. The summed E-state index contributed by atoms with van der Waals surface area (Å²) in [4.78, 5) is 10.4. The average molecular weight is 390 g/mol. The van der Waals surface area contributed by atoms with Gasteiger partial charge in [0.2, 0.25) is 0 Å². The van der Waals surface area contributed by atoms with E-state index in [2.05, 4.69) is 15.9 Å². The van der Waals surface area contributed by atoms with Crippen LogP contribution in [0.5, 0.6) is 5.75 Å². The molecule has 6 heteroatoms. The van der Waals surface area contributed by atoms with E-state index in [1.807, 2.05) is 18.2 Å². The van der Waals surface area contributed by atoms with Crippen molar-refractivity contribution in [3.05, 3.63) is 63.6 Å². The lowest BCUT2D eigenvalue weighted by atomic mass is 10.0. The van der Waals surface area contributed by atoms with Gasteiger partial charge in [-0.15, -0.1) is 0 Å². The molecule has 0 heterocycles. The Morgan fingerprint density at radius 3 is 2.43 bits per heavy atom. The third kappa shape index (κ3) is 4.37. The van der Waals surface area contributed by atoms with Gasteiger partial charge in [0.25, 0.3) is 0 Å². The summed E-state index contributed by atoms with van der Waals surface area (Å²) < 4.78 is 5.09. The van der Waals surface area contributed by atoms with E-state index >= 15 is 0 Å². The van der Waals surface area contributed by atoms with E-state index in [1.54, 1.807) is 24.3 Å². The zero-order valence-electron chi connectivity index (χ0n) is 10.7. The van der Waals surface area contributed by atoms with Crippen LogP contribution in [0.2, 0.25) is 10.0 Å². The van der Waals surface area contributed by atoms with Gasteiger partial charge in [-0.05, 0) is 35.4 Å². The maximum absolute atomic E-state index is 10.4. The first kappa shape index (κ1) is 16.1. The largest absolute Gasteiger partial charge is 0.482 e. The zero-order chi connectivity index (χ0) is 15.4. The van der Waals surface area contributed by atoms with E-state index in [9.17, 15) is 4.79 Å². The van der Waals surface area contributed by atoms with Gasteiger partial charge in [0.1, 0.15) is 5.75 Å². The average Bonchev–Trinajstić information content (AvgIpc) is 2.45. The monoisotopic (exact) mass is 388 g/mol. The Morgan fingerprint density at radius 1 is 1.19 bits per heavy atom. The number of carboxylic acids is 1. The minimum Gasteiger partial charge on any atom is -0.482 e. The van der Waals surface area contributed by atoms with E-state index < -0.39 is 5.97 Å². The molecular weight excluding hydrogens is 379 g/mol. The molecule has 0 saturated heterocycles. The van der Waals surface area contributed by atoms with Crippen LogP contribution in [0.4, 0.5) is 0 Å². The van der Waals surface area contributed by atoms with Crippen molar-refractivity contribution in [1.29, 1.82) is 0 Å². The number of carboxylic acid groups (broad SMARTS) is 1. The fourth-order valence-corrected chi connectivity index (χ4v) is 3.12. The van der Waals surface area contributed by atoms with Crippen LogP contribution in [0.3, 0.4) is 0 Å². The summed E-state index contributed by atoms with van der Waals surface area (Å²) in [7, 11) is 0. The summed E-state index contributed by atoms with van der Waals surface area (Å²) in [5.74, 6) is -0.506. The number of ether oxygens (including phenoxy) is 1. The Labute approximate surface area is 140 Å². The van der Waals surface area contributed by atoms with Gasteiger partial charge in [0.05, 0.1) is 4.83 Å². The van der Waals surface area contributed by atoms with Crippen LogP contribution < -0.4 is 4.74 Å². The molecule has 2 rings (SSSR count). The minimum absolute atomic E-state index is 0.0872. The summed E-state index contributed by atoms with van der Waals surface area (Å²) in [5.41, 5.74) is 1.88. The van der Waals surface area contributed by atoms with Crippen molar-refractivity contribution in [2.45, 2.75) is 4.83 Å². The van der Waals surface area contributed by atoms with E-state index in [-0.39, 0.29) is 11.4 Å². The predicted molar refractivity (Wildman–Crippen MR) is 86.8 cm³/mol. The molecule has 110 valence electrons. The van der Waals surface area contributed by atoms with Crippen LogP contribution in [-0.4, -0.2) is 17.7 Å². The van der Waals surface area contributed by atoms with Crippen molar-refractivity contribution < 1.29 is 14.6 Å². The molecule has 0 aliphatic heterocycles. The van der Waals surface area contributed by atoms with Crippen molar-refractivity contribution in [2.75, 3.05) is 6.61 Å². The van der Waals surface area contributed by atoms with E-state index in [1.165, 1.54) is 0 Å². The number of rotatable bonds is 5.